The first kappa shape index (κ1) is 13.9. The Hall–Kier alpha value is -1.53. The standard InChI is InChI=1S/C13H10Br2N2O2/c14-8-2-1-3-10(6-8)19-12-7-9(15)4-5-11(12)13(16)17-18/h1-7,18H,(H2,16,17). The van der Waals surface area contributed by atoms with Crippen molar-refractivity contribution in [1.82, 2.24) is 0 Å². The number of hydrogen-bond donors (Lipinski definition) is 2. The highest BCUT2D eigenvalue weighted by molar-refractivity contribution is 9.10. The summed E-state index contributed by atoms with van der Waals surface area (Å²) in [5.41, 5.74) is 6.14. The summed E-state index contributed by atoms with van der Waals surface area (Å²) in [6, 6.07) is 12.7. The van der Waals surface area contributed by atoms with Gasteiger partial charge < -0.3 is 15.7 Å². The molecule has 4 nitrogen and oxygen atoms in total. The molecule has 0 radical (unpaired) electrons. The van der Waals surface area contributed by atoms with Crippen molar-refractivity contribution in [3.63, 3.8) is 0 Å². The summed E-state index contributed by atoms with van der Waals surface area (Å²) in [5.74, 6) is 1.15. The molecule has 3 N–H and O–H groups in total. The van der Waals surface area contributed by atoms with E-state index in [9.17, 15) is 0 Å². The lowest BCUT2D eigenvalue weighted by atomic mass is 10.2. The van der Waals surface area contributed by atoms with E-state index in [1.165, 1.54) is 0 Å². The van der Waals surface area contributed by atoms with Crippen LogP contribution in [0.15, 0.2) is 56.6 Å². The monoisotopic (exact) mass is 384 g/mol. The topological polar surface area (TPSA) is 67.8 Å². The lowest BCUT2D eigenvalue weighted by Crippen LogP contribution is -2.14. The van der Waals surface area contributed by atoms with Crippen LogP contribution in [-0.4, -0.2) is 11.0 Å². The minimum atomic E-state index is -0.00232. The Morgan fingerprint density at radius 1 is 1.11 bits per heavy atom. The van der Waals surface area contributed by atoms with Gasteiger partial charge in [-0.15, -0.1) is 0 Å². The van der Waals surface area contributed by atoms with Crippen LogP contribution in [0.2, 0.25) is 0 Å². The van der Waals surface area contributed by atoms with Crippen molar-refractivity contribution in [3.05, 3.63) is 57.0 Å². The maximum atomic E-state index is 8.78. The number of rotatable bonds is 3. The Labute approximate surface area is 127 Å². The molecule has 0 aliphatic carbocycles. The van der Waals surface area contributed by atoms with Crippen LogP contribution in [0.5, 0.6) is 11.5 Å². The molecule has 0 saturated heterocycles. The highest BCUT2D eigenvalue weighted by atomic mass is 79.9. The summed E-state index contributed by atoms with van der Waals surface area (Å²) in [4.78, 5) is 0. The molecule has 0 spiro atoms. The molecular weight excluding hydrogens is 376 g/mol. The van der Waals surface area contributed by atoms with E-state index in [2.05, 4.69) is 37.0 Å². The van der Waals surface area contributed by atoms with Crippen molar-refractivity contribution in [2.45, 2.75) is 0 Å². The van der Waals surface area contributed by atoms with E-state index in [0.29, 0.717) is 17.1 Å². The summed E-state index contributed by atoms with van der Waals surface area (Å²) in [5, 5.41) is 11.8. The molecule has 2 aromatic carbocycles. The van der Waals surface area contributed by atoms with E-state index in [1.54, 1.807) is 18.2 Å². The van der Waals surface area contributed by atoms with E-state index in [1.807, 2.05) is 24.3 Å². The molecule has 98 valence electrons. The molecule has 0 bridgehead atoms. The maximum absolute atomic E-state index is 8.78. The number of amidine groups is 1. The lowest BCUT2D eigenvalue weighted by Gasteiger charge is -2.11. The van der Waals surface area contributed by atoms with Crippen LogP contribution >= 0.6 is 31.9 Å². The molecule has 0 unspecified atom stereocenters. The highest BCUT2D eigenvalue weighted by Crippen LogP contribution is 2.29. The van der Waals surface area contributed by atoms with Crippen LogP contribution in [0, 0.1) is 0 Å². The van der Waals surface area contributed by atoms with Crippen molar-refractivity contribution in [2.75, 3.05) is 0 Å². The number of hydrogen-bond acceptors (Lipinski definition) is 3. The second-order valence-corrected chi connectivity index (χ2v) is 5.52. The van der Waals surface area contributed by atoms with E-state index in [-0.39, 0.29) is 5.84 Å². The fourth-order valence-electron chi connectivity index (χ4n) is 1.50. The zero-order chi connectivity index (χ0) is 13.8. The number of ether oxygens (including phenoxy) is 1. The predicted molar refractivity (Wildman–Crippen MR) is 80.9 cm³/mol. The molecule has 0 aliphatic heterocycles. The van der Waals surface area contributed by atoms with Crippen molar-refractivity contribution in [3.8, 4) is 11.5 Å². The second kappa shape index (κ2) is 6.08. The first-order valence-corrected chi connectivity index (χ1v) is 6.89. The van der Waals surface area contributed by atoms with Gasteiger partial charge in [0.25, 0.3) is 0 Å². The maximum Gasteiger partial charge on any atom is 0.173 e. The number of nitrogens with zero attached hydrogens (tertiary/aromatic N) is 1. The van der Waals surface area contributed by atoms with Gasteiger partial charge in [-0.3, -0.25) is 0 Å². The number of oxime groups is 1. The average molecular weight is 386 g/mol. The van der Waals surface area contributed by atoms with Gasteiger partial charge in [0.2, 0.25) is 0 Å². The van der Waals surface area contributed by atoms with Gasteiger partial charge in [0.05, 0.1) is 5.56 Å². The summed E-state index contributed by atoms with van der Waals surface area (Å²) < 4.78 is 7.51. The second-order valence-electron chi connectivity index (χ2n) is 3.69. The zero-order valence-electron chi connectivity index (χ0n) is 9.68. The quantitative estimate of drug-likeness (QED) is 0.361. The summed E-state index contributed by atoms with van der Waals surface area (Å²) in [6.45, 7) is 0. The van der Waals surface area contributed by atoms with Crippen molar-refractivity contribution in [2.24, 2.45) is 10.9 Å². The van der Waals surface area contributed by atoms with Crippen LogP contribution in [0.1, 0.15) is 5.56 Å². The fraction of sp³-hybridized carbons (Fsp3) is 0. The van der Waals surface area contributed by atoms with Crippen LogP contribution in [-0.2, 0) is 0 Å². The number of nitrogens with two attached hydrogens (primary N) is 1. The highest BCUT2D eigenvalue weighted by Gasteiger charge is 2.10. The lowest BCUT2D eigenvalue weighted by molar-refractivity contribution is 0.318. The predicted octanol–water partition coefficient (Wildman–Crippen LogP) is 4.10. The minimum absolute atomic E-state index is 0.00232. The van der Waals surface area contributed by atoms with E-state index < -0.39 is 0 Å². The van der Waals surface area contributed by atoms with Gasteiger partial charge in [-0.1, -0.05) is 43.1 Å². The molecule has 0 saturated carbocycles. The Morgan fingerprint density at radius 3 is 2.53 bits per heavy atom. The molecule has 6 heteroatoms. The van der Waals surface area contributed by atoms with Crippen LogP contribution in [0.4, 0.5) is 0 Å². The largest absolute Gasteiger partial charge is 0.457 e. The average Bonchev–Trinajstić information content (AvgIpc) is 2.38. The molecular formula is C13H10Br2N2O2. The molecule has 19 heavy (non-hydrogen) atoms. The molecule has 0 aliphatic rings. The third-order valence-electron chi connectivity index (χ3n) is 2.35. The van der Waals surface area contributed by atoms with Crippen molar-refractivity contribution >= 4 is 37.7 Å². The zero-order valence-corrected chi connectivity index (χ0v) is 12.8. The van der Waals surface area contributed by atoms with Crippen LogP contribution in [0.3, 0.4) is 0 Å². The summed E-state index contributed by atoms with van der Waals surface area (Å²) in [7, 11) is 0. The van der Waals surface area contributed by atoms with Crippen molar-refractivity contribution < 1.29 is 9.94 Å². The Bertz CT molecular complexity index is 630. The summed E-state index contributed by atoms with van der Waals surface area (Å²) >= 11 is 6.74. The Morgan fingerprint density at radius 2 is 1.84 bits per heavy atom. The van der Waals surface area contributed by atoms with Gasteiger partial charge in [-0.2, -0.15) is 0 Å². The Kier molecular flexibility index (Phi) is 4.44. The van der Waals surface area contributed by atoms with Gasteiger partial charge in [0.15, 0.2) is 5.84 Å². The third kappa shape index (κ3) is 3.48. The number of halogens is 2. The summed E-state index contributed by atoms with van der Waals surface area (Å²) in [6.07, 6.45) is 0. The first-order valence-electron chi connectivity index (χ1n) is 5.31. The number of benzene rings is 2. The van der Waals surface area contributed by atoms with Gasteiger partial charge in [0, 0.05) is 8.95 Å². The first-order chi connectivity index (χ1) is 9.10. The van der Waals surface area contributed by atoms with Crippen LogP contribution in [0.25, 0.3) is 0 Å². The molecule has 2 rings (SSSR count). The molecule has 0 heterocycles. The molecule has 2 aromatic rings. The minimum Gasteiger partial charge on any atom is -0.457 e. The molecule has 0 amide bonds. The van der Waals surface area contributed by atoms with E-state index >= 15 is 0 Å². The molecule has 0 aromatic heterocycles. The normalized spacial score (nSPS) is 11.4. The Balaban J connectivity index is 2.41. The van der Waals surface area contributed by atoms with E-state index in [0.717, 1.165) is 8.95 Å². The van der Waals surface area contributed by atoms with E-state index in [4.69, 9.17) is 15.7 Å². The van der Waals surface area contributed by atoms with Gasteiger partial charge >= 0.3 is 0 Å². The fourth-order valence-corrected chi connectivity index (χ4v) is 2.22. The third-order valence-corrected chi connectivity index (χ3v) is 3.34. The van der Waals surface area contributed by atoms with Crippen molar-refractivity contribution in [1.29, 1.82) is 0 Å². The molecule has 0 fully saturated rings. The van der Waals surface area contributed by atoms with Gasteiger partial charge in [0.1, 0.15) is 11.5 Å². The van der Waals surface area contributed by atoms with Crippen LogP contribution < -0.4 is 10.5 Å². The molecule has 0 atom stereocenters. The SMILES string of the molecule is N/C(=N/O)c1ccc(Br)cc1Oc1cccc(Br)c1. The smallest absolute Gasteiger partial charge is 0.173 e. The van der Waals surface area contributed by atoms with Gasteiger partial charge in [-0.05, 0) is 36.4 Å². The van der Waals surface area contributed by atoms with Gasteiger partial charge in [-0.25, -0.2) is 0 Å².